The molecule has 0 fully saturated rings. The van der Waals surface area contributed by atoms with Crippen molar-refractivity contribution in [3.05, 3.63) is 57.7 Å². The lowest BCUT2D eigenvalue weighted by Gasteiger charge is -2.10. The Morgan fingerprint density at radius 1 is 1.10 bits per heavy atom. The van der Waals surface area contributed by atoms with Crippen LogP contribution in [0.4, 0.5) is 17.6 Å². The molecule has 0 saturated heterocycles. The second kappa shape index (κ2) is 5.02. The Labute approximate surface area is 118 Å². The topological polar surface area (TPSA) is 32.9 Å². The van der Waals surface area contributed by atoms with E-state index in [-0.39, 0.29) is 5.69 Å². The van der Waals surface area contributed by atoms with Crippen LogP contribution in [0.1, 0.15) is 38.4 Å². The summed E-state index contributed by atoms with van der Waals surface area (Å²) in [5.41, 5.74) is 0.242. The molecule has 0 bridgehead atoms. The van der Waals surface area contributed by atoms with E-state index in [1.165, 1.54) is 0 Å². The fraction of sp³-hybridized carbons (Fsp3) is 0.267. The van der Waals surface area contributed by atoms with Gasteiger partial charge in [0.15, 0.2) is 0 Å². The van der Waals surface area contributed by atoms with Crippen LogP contribution in [-0.2, 0) is 6.18 Å². The number of benzene rings is 1. The number of alkyl halides is 3. The fourth-order valence-electron chi connectivity index (χ4n) is 2.13. The number of ketones is 1. The smallest absolute Gasteiger partial charge is 0.356 e. The number of hydrogen-bond acceptors (Lipinski definition) is 1. The summed E-state index contributed by atoms with van der Waals surface area (Å²) >= 11 is 0. The molecule has 21 heavy (non-hydrogen) atoms. The van der Waals surface area contributed by atoms with Gasteiger partial charge in [-0.25, -0.2) is 4.39 Å². The summed E-state index contributed by atoms with van der Waals surface area (Å²) in [6.07, 6.45) is -4.84. The Kier molecular flexibility index (Phi) is 3.65. The summed E-state index contributed by atoms with van der Waals surface area (Å²) in [5, 5.41) is 0. The number of hydrogen-bond donors (Lipinski definition) is 1. The zero-order chi connectivity index (χ0) is 15.9. The molecule has 6 heteroatoms. The van der Waals surface area contributed by atoms with Crippen molar-refractivity contribution in [1.82, 2.24) is 4.98 Å². The van der Waals surface area contributed by atoms with Crippen molar-refractivity contribution in [2.24, 2.45) is 0 Å². The van der Waals surface area contributed by atoms with Gasteiger partial charge in [0, 0.05) is 5.69 Å². The van der Waals surface area contributed by atoms with Crippen molar-refractivity contribution < 1.29 is 22.4 Å². The molecule has 0 amide bonds. The maximum atomic E-state index is 14.0. The molecule has 1 aromatic heterocycles. The van der Waals surface area contributed by atoms with E-state index >= 15 is 0 Å². The number of aromatic amines is 1. The molecular formula is C15H13F4NO. The molecule has 2 nitrogen and oxygen atoms in total. The molecule has 1 heterocycles. The zero-order valence-electron chi connectivity index (χ0n) is 11.7. The standard InChI is InChI=1S/C15H13F4NO/c1-7-8(2)13(20-9(7)3)14(21)10-5-4-6-11(12(10)16)15(17,18)19/h4-6,20H,1-3H3. The number of H-pyrrole nitrogens is 1. The van der Waals surface area contributed by atoms with E-state index in [0.717, 1.165) is 23.4 Å². The van der Waals surface area contributed by atoms with Crippen molar-refractivity contribution in [3.63, 3.8) is 0 Å². The molecule has 0 unspecified atom stereocenters. The van der Waals surface area contributed by atoms with E-state index in [4.69, 9.17) is 0 Å². The van der Waals surface area contributed by atoms with Crippen molar-refractivity contribution in [2.45, 2.75) is 26.9 Å². The molecule has 0 aliphatic rings. The van der Waals surface area contributed by atoms with Gasteiger partial charge in [-0.15, -0.1) is 0 Å². The Morgan fingerprint density at radius 3 is 2.19 bits per heavy atom. The molecule has 0 aliphatic heterocycles. The first-order valence-electron chi connectivity index (χ1n) is 6.20. The zero-order valence-corrected chi connectivity index (χ0v) is 11.7. The Balaban J connectivity index is 2.57. The lowest BCUT2D eigenvalue weighted by atomic mass is 10.0. The van der Waals surface area contributed by atoms with E-state index in [0.29, 0.717) is 11.6 Å². The summed E-state index contributed by atoms with van der Waals surface area (Å²) in [4.78, 5) is 15.1. The minimum Gasteiger partial charge on any atom is -0.356 e. The molecule has 0 saturated carbocycles. The lowest BCUT2D eigenvalue weighted by molar-refractivity contribution is -0.140. The van der Waals surface area contributed by atoms with Crippen LogP contribution >= 0.6 is 0 Å². The van der Waals surface area contributed by atoms with Gasteiger partial charge in [0.05, 0.1) is 16.8 Å². The minimum atomic E-state index is -4.84. The summed E-state index contributed by atoms with van der Waals surface area (Å²) in [6, 6.07) is 2.69. The molecular weight excluding hydrogens is 286 g/mol. The summed E-state index contributed by atoms with van der Waals surface area (Å²) in [6.45, 7) is 5.18. The van der Waals surface area contributed by atoms with Crippen molar-refractivity contribution in [3.8, 4) is 0 Å². The van der Waals surface area contributed by atoms with E-state index in [1.54, 1.807) is 20.8 Å². The van der Waals surface area contributed by atoms with Crippen molar-refractivity contribution in [2.75, 3.05) is 0 Å². The van der Waals surface area contributed by atoms with Crippen LogP contribution in [-0.4, -0.2) is 10.8 Å². The highest BCUT2D eigenvalue weighted by molar-refractivity contribution is 6.09. The highest BCUT2D eigenvalue weighted by Gasteiger charge is 2.36. The summed E-state index contributed by atoms with van der Waals surface area (Å²) in [7, 11) is 0. The first-order chi connectivity index (χ1) is 9.64. The number of aryl methyl sites for hydroxylation is 1. The van der Waals surface area contributed by atoms with Gasteiger partial charge >= 0.3 is 6.18 Å². The van der Waals surface area contributed by atoms with E-state index in [9.17, 15) is 22.4 Å². The first kappa shape index (κ1) is 15.3. The number of carbonyl (C=O) groups excluding carboxylic acids is 1. The van der Waals surface area contributed by atoms with Crippen LogP contribution in [0.2, 0.25) is 0 Å². The van der Waals surface area contributed by atoms with Gasteiger partial charge in [-0.1, -0.05) is 6.07 Å². The Hall–Kier alpha value is -2.11. The monoisotopic (exact) mass is 299 g/mol. The average molecular weight is 299 g/mol. The van der Waals surface area contributed by atoms with Crippen molar-refractivity contribution >= 4 is 5.78 Å². The quantitative estimate of drug-likeness (QED) is 0.650. The first-order valence-corrected chi connectivity index (χ1v) is 6.20. The molecule has 112 valence electrons. The predicted molar refractivity (Wildman–Crippen MR) is 69.8 cm³/mol. The molecule has 0 aliphatic carbocycles. The fourth-order valence-corrected chi connectivity index (χ4v) is 2.13. The maximum absolute atomic E-state index is 14.0. The molecule has 2 rings (SSSR count). The molecule has 0 spiro atoms. The van der Waals surface area contributed by atoms with Crippen LogP contribution in [0.5, 0.6) is 0 Å². The average Bonchev–Trinajstić information content (AvgIpc) is 2.65. The largest absolute Gasteiger partial charge is 0.419 e. The van der Waals surface area contributed by atoms with Crippen LogP contribution in [0.15, 0.2) is 18.2 Å². The minimum absolute atomic E-state index is 0.114. The summed E-state index contributed by atoms with van der Waals surface area (Å²) < 4.78 is 52.0. The van der Waals surface area contributed by atoms with E-state index in [1.807, 2.05) is 0 Å². The lowest BCUT2D eigenvalue weighted by Crippen LogP contribution is -2.13. The van der Waals surface area contributed by atoms with Crippen LogP contribution in [0.25, 0.3) is 0 Å². The maximum Gasteiger partial charge on any atom is 0.419 e. The van der Waals surface area contributed by atoms with E-state index < -0.39 is 28.9 Å². The number of carbonyl (C=O) groups is 1. The van der Waals surface area contributed by atoms with Gasteiger partial charge in [0.2, 0.25) is 5.78 Å². The summed E-state index contributed by atoms with van der Waals surface area (Å²) in [5.74, 6) is -2.33. The van der Waals surface area contributed by atoms with Crippen molar-refractivity contribution in [1.29, 1.82) is 0 Å². The third kappa shape index (κ3) is 2.57. The molecule has 0 radical (unpaired) electrons. The predicted octanol–water partition coefficient (Wildman–Crippen LogP) is 4.33. The normalized spacial score (nSPS) is 11.8. The number of aromatic nitrogens is 1. The SMILES string of the molecule is Cc1[nH]c(C(=O)c2cccc(C(F)(F)F)c2F)c(C)c1C. The van der Waals surface area contributed by atoms with Crippen LogP contribution in [0, 0.1) is 26.6 Å². The second-order valence-electron chi connectivity index (χ2n) is 4.87. The highest BCUT2D eigenvalue weighted by atomic mass is 19.4. The van der Waals surface area contributed by atoms with Gasteiger partial charge in [-0.05, 0) is 44.0 Å². The van der Waals surface area contributed by atoms with E-state index in [2.05, 4.69) is 4.98 Å². The third-order valence-corrected chi connectivity index (χ3v) is 3.59. The highest BCUT2D eigenvalue weighted by Crippen LogP contribution is 2.33. The molecule has 1 N–H and O–H groups in total. The van der Waals surface area contributed by atoms with Gasteiger partial charge in [-0.3, -0.25) is 4.79 Å². The van der Waals surface area contributed by atoms with Crippen LogP contribution < -0.4 is 0 Å². The molecule has 2 aromatic rings. The van der Waals surface area contributed by atoms with Crippen LogP contribution in [0.3, 0.4) is 0 Å². The second-order valence-corrected chi connectivity index (χ2v) is 4.87. The number of nitrogens with one attached hydrogen (secondary N) is 1. The number of rotatable bonds is 2. The molecule has 1 aromatic carbocycles. The van der Waals surface area contributed by atoms with Gasteiger partial charge in [-0.2, -0.15) is 13.2 Å². The van der Waals surface area contributed by atoms with Gasteiger partial charge in [0.1, 0.15) is 5.82 Å². The van der Waals surface area contributed by atoms with Gasteiger partial charge < -0.3 is 4.98 Å². The van der Waals surface area contributed by atoms with Gasteiger partial charge in [0.25, 0.3) is 0 Å². The molecule has 0 atom stereocenters. The number of halogens is 4. The Bertz CT molecular complexity index is 713. The third-order valence-electron chi connectivity index (χ3n) is 3.59. The Morgan fingerprint density at radius 2 is 1.71 bits per heavy atom.